The van der Waals surface area contributed by atoms with Gasteiger partial charge in [-0.15, -0.1) is 0 Å². The van der Waals surface area contributed by atoms with E-state index in [0.29, 0.717) is 10.9 Å². The second-order valence-corrected chi connectivity index (χ2v) is 10.1. The first kappa shape index (κ1) is 18.3. The normalized spacial score (nSPS) is 24.6. The highest BCUT2D eigenvalue weighted by molar-refractivity contribution is 7.72. The van der Waals surface area contributed by atoms with Crippen molar-refractivity contribution in [2.45, 2.75) is 36.7 Å². The molecule has 5 N–H and O–H groups in total. The van der Waals surface area contributed by atoms with Gasteiger partial charge in [0.25, 0.3) is 0 Å². The molecule has 0 aromatic rings. The van der Waals surface area contributed by atoms with Gasteiger partial charge in [-0.25, -0.2) is 0 Å². The monoisotopic (exact) mass is 331 g/mol. The average molecular weight is 331 g/mol. The molecule has 1 saturated heterocycles. The van der Waals surface area contributed by atoms with Crippen molar-refractivity contribution < 1.29 is 33.2 Å². The molecule has 1 heterocycles. The lowest BCUT2D eigenvalue weighted by molar-refractivity contribution is -0.920. The Morgan fingerprint density at radius 1 is 1.15 bits per heavy atom. The van der Waals surface area contributed by atoms with Gasteiger partial charge in [0, 0.05) is 6.42 Å². The maximum absolute atomic E-state index is 11.7. The Morgan fingerprint density at radius 3 is 2.00 bits per heavy atom. The smallest absolute Gasteiger partial charge is 0.326 e. The maximum atomic E-state index is 11.7. The maximum Gasteiger partial charge on any atom is 0.358 e. The lowest BCUT2D eigenvalue weighted by atomic mass is 9.97. The molecule has 0 amide bonds. The molecule has 1 aliphatic rings. The first-order chi connectivity index (χ1) is 8.87. The SMILES string of the molecule is CNC(CC1CCCC[N+]1(C)C)(P(=O)(O)O)P(=O)(O)O. The van der Waals surface area contributed by atoms with Crippen molar-refractivity contribution in [2.24, 2.45) is 0 Å². The molecule has 20 heavy (non-hydrogen) atoms. The van der Waals surface area contributed by atoms with E-state index in [1.807, 2.05) is 14.1 Å². The number of nitrogens with one attached hydrogen (secondary N) is 1. The van der Waals surface area contributed by atoms with E-state index in [1.54, 1.807) is 0 Å². The van der Waals surface area contributed by atoms with E-state index in [-0.39, 0.29) is 12.5 Å². The third-order valence-electron chi connectivity index (χ3n) is 4.39. The van der Waals surface area contributed by atoms with E-state index in [2.05, 4.69) is 5.32 Å². The number of hydrogen-bond donors (Lipinski definition) is 5. The Labute approximate surface area is 119 Å². The van der Waals surface area contributed by atoms with E-state index in [0.717, 1.165) is 19.4 Å². The van der Waals surface area contributed by atoms with E-state index in [4.69, 9.17) is 0 Å². The molecule has 0 aromatic heterocycles. The minimum Gasteiger partial charge on any atom is -0.326 e. The van der Waals surface area contributed by atoms with Crippen LogP contribution in [0.3, 0.4) is 0 Å². The highest BCUT2D eigenvalue weighted by Crippen LogP contribution is 2.69. The summed E-state index contributed by atoms with van der Waals surface area (Å²) >= 11 is 0. The summed E-state index contributed by atoms with van der Waals surface area (Å²) in [7, 11) is -5.05. The summed E-state index contributed by atoms with van der Waals surface area (Å²) in [5, 5.41) is -0.258. The molecule has 0 aliphatic carbocycles. The van der Waals surface area contributed by atoms with Gasteiger partial charge in [-0.05, 0) is 26.3 Å². The molecule has 0 bridgehead atoms. The van der Waals surface area contributed by atoms with Crippen LogP contribution in [-0.2, 0) is 9.13 Å². The highest BCUT2D eigenvalue weighted by Gasteiger charge is 2.61. The summed E-state index contributed by atoms with van der Waals surface area (Å²) in [6, 6.07) is -0.212. The van der Waals surface area contributed by atoms with Gasteiger partial charge < -0.3 is 24.1 Å². The predicted octanol–water partition coefficient (Wildman–Crippen LogP) is 0.234. The summed E-state index contributed by atoms with van der Waals surface area (Å²) in [5.74, 6) is 0. The molecule has 0 radical (unpaired) electrons. The van der Waals surface area contributed by atoms with Gasteiger partial charge in [0.2, 0.25) is 5.02 Å². The predicted molar refractivity (Wildman–Crippen MR) is 75.1 cm³/mol. The number of quaternary nitrogens is 1. The fourth-order valence-electron chi connectivity index (χ4n) is 2.91. The van der Waals surface area contributed by atoms with Gasteiger partial charge in [0.15, 0.2) is 0 Å². The second-order valence-electron chi connectivity index (χ2n) is 6.01. The largest absolute Gasteiger partial charge is 0.358 e. The molecule has 10 heteroatoms. The molecule has 0 aromatic carbocycles. The zero-order valence-electron chi connectivity index (χ0n) is 12.1. The van der Waals surface area contributed by atoms with Crippen molar-refractivity contribution >= 4 is 15.2 Å². The van der Waals surface area contributed by atoms with E-state index < -0.39 is 20.2 Å². The number of rotatable bonds is 5. The van der Waals surface area contributed by atoms with Crippen molar-refractivity contribution in [3.8, 4) is 0 Å². The van der Waals surface area contributed by atoms with Crippen LogP contribution in [0.1, 0.15) is 25.7 Å². The summed E-state index contributed by atoms with van der Waals surface area (Å²) in [6.45, 7) is 0.826. The van der Waals surface area contributed by atoms with Crippen molar-refractivity contribution in [2.75, 3.05) is 27.7 Å². The van der Waals surface area contributed by atoms with Gasteiger partial charge in [0.1, 0.15) is 0 Å². The molecular formula is C10H25N2O6P2+. The van der Waals surface area contributed by atoms with E-state index >= 15 is 0 Å². The van der Waals surface area contributed by atoms with Crippen molar-refractivity contribution in [1.29, 1.82) is 0 Å². The van der Waals surface area contributed by atoms with Crippen molar-refractivity contribution in [3.05, 3.63) is 0 Å². The minimum absolute atomic E-state index is 0.212. The van der Waals surface area contributed by atoms with Crippen LogP contribution in [0.25, 0.3) is 0 Å². The Morgan fingerprint density at radius 2 is 1.65 bits per heavy atom. The molecular weight excluding hydrogens is 306 g/mol. The Kier molecular flexibility index (Phi) is 5.28. The lowest BCUT2D eigenvalue weighted by Gasteiger charge is -2.45. The number of piperidine rings is 1. The Hall–Kier alpha value is 0.220. The highest BCUT2D eigenvalue weighted by atomic mass is 31.2. The fraction of sp³-hybridized carbons (Fsp3) is 1.00. The van der Waals surface area contributed by atoms with Crippen LogP contribution in [0.15, 0.2) is 0 Å². The van der Waals surface area contributed by atoms with Crippen LogP contribution in [0.2, 0.25) is 0 Å². The third kappa shape index (κ3) is 3.34. The first-order valence-corrected chi connectivity index (χ1v) is 9.73. The van der Waals surface area contributed by atoms with Crippen molar-refractivity contribution in [1.82, 2.24) is 5.32 Å². The van der Waals surface area contributed by atoms with Gasteiger partial charge in [-0.3, -0.25) is 14.4 Å². The van der Waals surface area contributed by atoms with Crippen molar-refractivity contribution in [3.63, 3.8) is 0 Å². The number of hydrogen-bond acceptors (Lipinski definition) is 3. The molecule has 1 fully saturated rings. The molecule has 1 unspecified atom stereocenters. The molecule has 0 saturated carbocycles. The fourth-order valence-corrected chi connectivity index (χ4v) is 5.75. The minimum atomic E-state index is -5.04. The zero-order valence-corrected chi connectivity index (χ0v) is 13.8. The molecule has 0 spiro atoms. The average Bonchev–Trinajstić information content (AvgIpc) is 2.23. The summed E-state index contributed by atoms with van der Waals surface area (Å²) < 4.78 is 24.0. The summed E-state index contributed by atoms with van der Waals surface area (Å²) in [4.78, 5) is 38.1. The molecule has 120 valence electrons. The van der Waals surface area contributed by atoms with Crippen LogP contribution >= 0.6 is 15.2 Å². The number of nitrogens with zero attached hydrogens (tertiary/aromatic N) is 1. The van der Waals surface area contributed by atoms with Gasteiger partial charge >= 0.3 is 15.2 Å². The summed E-state index contributed by atoms with van der Waals surface area (Å²) in [5.41, 5.74) is 0. The van der Waals surface area contributed by atoms with Gasteiger partial charge in [-0.2, -0.15) is 0 Å². The first-order valence-electron chi connectivity index (χ1n) is 6.50. The van der Waals surface area contributed by atoms with Crippen LogP contribution in [0, 0.1) is 0 Å². The molecule has 8 nitrogen and oxygen atoms in total. The number of likely N-dealkylation sites (tertiary alicyclic amines) is 1. The van der Waals surface area contributed by atoms with Crippen LogP contribution in [0.5, 0.6) is 0 Å². The zero-order chi connectivity index (χ0) is 15.8. The Balaban J connectivity index is 3.21. The quantitative estimate of drug-likeness (QED) is 0.360. The van der Waals surface area contributed by atoms with Crippen LogP contribution in [0.4, 0.5) is 0 Å². The van der Waals surface area contributed by atoms with Crippen LogP contribution < -0.4 is 5.32 Å². The molecule has 1 aliphatic heterocycles. The lowest BCUT2D eigenvalue weighted by Crippen LogP contribution is -2.57. The van der Waals surface area contributed by atoms with Crippen LogP contribution in [-0.4, -0.2) is 62.8 Å². The standard InChI is InChI=1S/C10H24N2O6P2/c1-11-10(19(13,14)15,20(16,17)18)8-9-6-4-5-7-12(9,2)3/h9,11H,4-8H2,1-3H3,(H3-,13,14,15,16,17,18)/p+1. The van der Waals surface area contributed by atoms with E-state index in [9.17, 15) is 28.7 Å². The molecule has 1 atom stereocenters. The summed E-state index contributed by atoms with van der Waals surface area (Å²) in [6.07, 6.45) is 2.33. The third-order valence-corrected chi connectivity index (χ3v) is 8.70. The Bertz CT molecular complexity index is 421. The van der Waals surface area contributed by atoms with Gasteiger partial charge in [0.05, 0.1) is 26.7 Å². The topological polar surface area (TPSA) is 127 Å². The van der Waals surface area contributed by atoms with Gasteiger partial charge in [-0.1, -0.05) is 0 Å². The second kappa shape index (κ2) is 5.78. The molecule has 1 rings (SSSR count). The van der Waals surface area contributed by atoms with E-state index in [1.165, 1.54) is 7.05 Å².